The summed E-state index contributed by atoms with van der Waals surface area (Å²) in [5.74, 6) is 0. The molecule has 0 saturated heterocycles. The van der Waals surface area contributed by atoms with E-state index in [9.17, 15) is 4.79 Å². The van der Waals surface area contributed by atoms with Crippen LogP contribution in [0.5, 0.6) is 0 Å². The lowest BCUT2D eigenvalue weighted by atomic mass is 10.2. The van der Waals surface area contributed by atoms with Gasteiger partial charge in [0.05, 0.1) is 6.54 Å². The largest absolute Gasteiger partial charge is 0.307 e. The van der Waals surface area contributed by atoms with E-state index in [1.165, 1.54) is 22.6 Å². The molecular formula is C13H12BrNOS. The van der Waals surface area contributed by atoms with Gasteiger partial charge < -0.3 is 4.57 Å². The van der Waals surface area contributed by atoms with Gasteiger partial charge in [0.2, 0.25) is 0 Å². The van der Waals surface area contributed by atoms with Gasteiger partial charge in [-0.25, -0.2) is 0 Å². The van der Waals surface area contributed by atoms with Gasteiger partial charge in [0.25, 0.3) is 5.56 Å². The third-order valence-corrected chi connectivity index (χ3v) is 4.87. The van der Waals surface area contributed by atoms with Crippen LogP contribution in [0, 0.1) is 0 Å². The maximum absolute atomic E-state index is 11.9. The van der Waals surface area contributed by atoms with Crippen molar-refractivity contribution in [3.63, 3.8) is 0 Å². The fourth-order valence-electron chi connectivity index (χ4n) is 2.40. The Labute approximate surface area is 112 Å². The maximum atomic E-state index is 11.9. The number of hydrogen-bond acceptors (Lipinski definition) is 2. The molecule has 0 spiro atoms. The number of fused-ring (bicyclic) bond motifs is 1. The molecule has 1 aliphatic rings. The van der Waals surface area contributed by atoms with Crippen molar-refractivity contribution in [1.82, 2.24) is 4.57 Å². The van der Waals surface area contributed by atoms with Crippen molar-refractivity contribution < 1.29 is 0 Å². The van der Waals surface area contributed by atoms with E-state index in [1.54, 1.807) is 17.4 Å². The molecular weight excluding hydrogens is 298 g/mol. The number of thiophene rings is 1. The second-order valence-corrected chi connectivity index (χ2v) is 6.23. The van der Waals surface area contributed by atoms with Crippen molar-refractivity contribution in [2.75, 3.05) is 0 Å². The summed E-state index contributed by atoms with van der Waals surface area (Å²) in [6, 6.07) is 5.78. The van der Waals surface area contributed by atoms with Gasteiger partial charge in [0, 0.05) is 26.5 Å². The lowest BCUT2D eigenvalue weighted by Gasteiger charge is -2.10. The second-order valence-electron chi connectivity index (χ2n) is 4.31. The number of aryl methyl sites for hydroxylation is 1. The Morgan fingerprint density at radius 2 is 2.24 bits per heavy atom. The molecule has 2 heterocycles. The molecule has 0 atom stereocenters. The molecule has 1 aliphatic carbocycles. The lowest BCUT2D eigenvalue weighted by molar-refractivity contribution is 0.715. The Morgan fingerprint density at radius 3 is 3.00 bits per heavy atom. The first kappa shape index (κ1) is 11.2. The Bertz CT molecular complexity index is 614. The number of pyridine rings is 1. The van der Waals surface area contributed by atoms with Crippen LogP contribution in [-0.2, 0) is 19.4 Å². The van der Waals surface area contributed by atoms with Crippen molar-refractivity contribution in [3.8, 4) is 0 Å². The minimum absolute atomic E-state index is 0.121. The van der Waals surface area contributed by atoms with Crippen molar-refractivity contribution in [2.24, 2.45) is 0 Å². The molecule has 0 radical (unpaired) electrons. The predicted octanol–water partition coefficient (Wildman–Crippen LogP) is 3.21. The molecule has 2 aromatic rings. The zero-order chi connectivity index (χ0) is 11.8. The van der Waals surface area contributed by atoms with Crippen LogP contribution in [0.15, 0.2) is 32.8 Å². The summed E-state index contributed by atoms with van der Waals surface area (Å²) < 4.78 is 3.03. The monoisotopic (exact) mass is 309 g/mol. The number of nitrogens with zero attached hydrogens (tertiary/aromatic N) is 1. The molecule has 2 aromatic heterocycles. The molecule has 88 valence electrons. The normalized spacial score (nSPS) is 13.9. The zero-order valence-electron chi connectivity index (χ0n) is 9.28. The number of hydrogen-bond donors (Lipinski definition) is 0. The van der Waals surface area contributed by atoms with E-state index in [0.717, 1.165) is 17.3 Å². The Kier molecular flexibility index (Phi) is 2.92. The Morgan fingerprint density at radius 1 is 1.35 bits per heavy atom. The summed E-state index contributed by atoms with van der Waals surface area (Å²) in [5, 5.41) is 2.06. The van der Waals surface area contributed by atoms with E-state index in [2.05, 4.69) is 27.4 Å². The average Bonchev–Trinajstić information content (AvgIpc) is 2.91. The Hall–Kier alpha value is -0.870. The van der Waals surface area contributed by atoms with Gasteiger partial charge in [-0.05, 0) is 46.8 Å². The molecule has 0 amide bonds. The summed E-state index contributed by atoms with van der Waals surface area (Å²) in [6.45, 7) is 0.707. The lowest BCUT2D eigenvalue weighted by Crippen LogP contribution is -2.22. The first-order valence-corrected chi connectivity index (χ1v) is 7.36. The molecule has 0 N–H and O–H groups in total. The van der Waals surface area contributed by atoms with Gasteiger partial charge in [0.1, 0.15) is 0 Å². The van der Waals surface area contributed by atoms with Crippen molar-refractivity contribution in [1.29, 1.82) is 0 Å². The van der Waals surface area contributed by atoms with E-state index < -0.39 is 0 Å². The van der Waals surface area contributed by atoms with Crippen LogP contribution in [0.25, 0.3) is 0 Å². The average molecular weight is 310 g/mol. The van der Waals surface area contributed by atoms with Gasteiger partial charge in [-0.1, -0.05) is 6.07 Å². The first-order valence-electron chi connectivity index (χ1n) is 5.68. The number of aromatic nitrogens is 1. The van der Waals surface area contributed by atoms with Crippen LogP contribution >= 0.6 is 27.3 Å². The topological polar surface area (TPSA) is 22.0 Å². The minimum Gasteiger partial charge on any atom is -0.307 e. The molecule has 0 aliphatic heterocycles. The molecule has 0 fully saturated rings. The smallest absolute Gasteiger partial charge is 0.251 e. The minimum atomic E-state index is 0.121. The van der Waals surface area contributed by atoms with E-state index in [4.69, 9.17) is 0 Å². The summed E-state index contributed by atoms with van der Waals surface area (Å²) in [7, 11) is 0. The van der Waals surface area contributed by atoms with Crippen LogP contribution in [0.1, 0.15) is 22.6 Å². The van der Waals surface area contributed by atoms with Crippen LogP contribution < -0.4 is 5.56 Å². The number of rotatable bonds is 2. The van der Waals surface area contributed by atoms with Gasteiger partial charge in [-0.15, -0.1) is 11.3 Å². The summed E-state index contributed by atoms with van der Waals surface area (Å²) in [5.41, 5.74) is 2.71. The van der Waals surface area contributed by atoms with E-state index in [0.29, 0.717) is 6.54 Å². The van der Waals surface area contributed by atoms with Gasteiger partial charge in [0.15, 0.2) is 0 Å². The standard InChI is InChI=1S/C13H12BrNOS/c14-10-6-11(17-8-10)7-15-12-3-1-2-9(12)4-5-13(15)16/h4-6,8H,1-3,7H2. The zero-order valence-corrected chi connectivity index (χ0v) is 11.7. The molecule has 17 heavy (non-hydrogen) atoms. The van der Waals surface area contributed by atoms with Gasteiger partial charge in [-0.3, -0.25) is 4.79 Å². The van der Waals surface area contributed by atoms with Gasteiger partial charge >= 0.3 is 0 Å². The fraction of sp³-hybridized carbons (Fsp3) is 0.308. The summed E-state index contributed by atoms with van der Waals surface area (Å²) in [4.78, 5) is 13.2. The highest BCUT2D eigenvalue weighted by atomic mass is 79.9. The highest BCUT2D eigenvalue weighted by molar-refractivity contribution is 9.10. The third kappa shape index (κ3) is 2.11. The summed E-state index contributed by atoms with van der Waals surface area (Å²) >= 11 is 5.14. The third-order valence-electron chi connectivity index (χ3n) is 3.19. The first-order chi connectivity index (χ1) is 8.24. The predicted molar refractivity (Wildman–Crippen MR) is 73.8 cm³/mol. The second kappa shape index (κ2) is 4.42. The number of halogens is 1. The molecule has 0 bridgehead atoms. The maximum Gasteiger partial charge on any atom is 0.251 e. The van der Waals surface area contributed by atoms with Crippen molar-refractivity contribution >= 4 is 27.3 Å². The molecule has 0 unspecified atom stereocenters. The molecule has 3 rings (SSSR count). The highest BCUT2D eigenvalue weighted by Crippen LogP contribution is 2.24. The van der Waals surface area contributed by atoms with E-state index >= 15 is 0 Å². The van der Waals surface area contributed by atoms with Gasteiger partial charge in [-0.2, -0.15) is 0 Å². The van der Waals surface area contributed by atoms with Crippen molar-refractivity contribution in [2.45, 2.75) is 25.8 Å². The van der Waals surface area contributed by atoms with Crippen LogP contribution in [0.2, 0.25) is 0 Å². The SMILES string of the molecule is O=c1ccc2c(n1Cc1cc(Br)cs1)CCC2. The molecule has 4 heteroatoms. The molecule has 0 saturated carbocycles. The van der Waals surface area contributed by atoms with E-state index in [1.807, 2.05) is 10.6 Å². The Balaban J connectivity index is 2.03. The molecule has 0 aromatic carbocycles. The van der Waals surface area contributed by atoms with Crippen LogP contribution in [0.4, 0.5) is 0 Å². The quantitative estimate of drug-likeness (QED) is 0.835. The van der Waals surface area contributed by atoms with Crippen LogP contribution in [-0.4, -0.2) is 4.57 Å². The summed E-state index contributed by atoms with van der Waals surface area (Å²) in [6.07, 6.45) is 3.33. The highest BCUT2D eigenvalue weighted by Gasteiger charge is 2.16. The van der Waals surface area contributed by atoms with Crippen LogP contribution in [0.3, 0.4) is 0 Å². The molecule has 2 nitrogen and oxygen atoms in total. The van der Waals surface area contributed by atoms with Crippen molar-refractivity contribution in [3.05, 3.63) is 54.5 Å². The van der Waals surface area contributed by atoms with E-state index in [-0.39, 0.29) is 5.56 Å². The fourth-order valence-corrected chi connectivity index (χ4v) is 3.84.